The van der Waals surface area contributed by atoms with Gasteiger partial charge in [-0.2, -0.15) is 0 Å². The Morgan fingerprint density at radius 2 is 1.86 bits per heavy atom. The van der Waals surface area contributed by atoms with E-state index in [0.29, 0.717) is 23.6 Å². The van der Waals surface area contributed by atoms with Crippen LogP contribution in [-0.4, -0.2) is 20.6 Å². The van der Waals surface area contributed by atoms with Crippen molar-refractivity contribution in [2.45, 2.75) is 0 Å². The first-order chi connectivity index (χ1) is 13.4. The highest BCUT2D eigenvalue weighted by Gasteiger charge is 2.19. The van der Waals surface area contributed by atoms with Gasteiger partial charge < -0.3 is 15.0 Å². The van der Waals surface area contributed by atoms with Crippen molar-refractivity contribution in [3.8, 4) is 17.1 Å². The first-order valence-corrected chi connectivity index (χ1v) is 8.45. The monoisotopic (exact) mass is 379 g/mol. The molecule has 4 rings (SSSR count). The molecule has 0 aliphatic carbocycles. The third kappa shape index (κ3) is 3.07. The van der Waals surface area contributed by atoms with Crippen molar-refractivity contribution in [1.82, 2.24) is 9.55 Å². The molecule has 3 aromatic carbocycles. The molecule has 0 bridgehead atoms. The third-order valence-electron chi connectivity index (χ3n) is 4.43. The SMILES string of the molecule is Cn1c(-c2cccc(NC(=O)c3c(O)cc(F)cc3F)c2)nc2ccccc21. The van der Waals surface area contributed by atoms with Gasteiger partial charge in [-0.1, -0.05) is 24.3 Å². The Kier molecular flexibility index (Phi) is 4.27. The van der Waals surface area contributed by atoms with Crippen LogP contribution < -0.4 is 5.32 Å². The molecule has 0 aliphatic rings. The van der Waals surface area contributed by atoms with Crippen LogP contribution in [0.1, 0.15) is 10.4 Å². The number of nitrogens with zero attached hydrogens (tertiary/aromatic N) is 2. The number of fused-ring (bicyclic) bond motifs is 1. The van der Waals surface area contributed by atoms with E-state index in [0.717, 1.165) is 16.6 Å². The highest BCUT2D eigenvalue weighted by Crippen LogP contribution is 2.27. The first kappa shape index (κ1) is 17.7. The number of phenolic OH excluding ortho intramolecular Hbond substituents is 1. The molecule has 5 nitrogen and oxygen atoms in total. The zero-order chi connectivity index (χ0) is 19.8. The Labute approximate surface area is 158 Å². The molecule has 0 radical (unpaired) electrons. The van der Waals surface area contributed by atoms with Crippen LogP contribution in [0.15, 0.2) is 60.7 Å². The molecule has 0 spiro atoms. The molecule has 7 heteroatoms. The van der Waals surface area contributed by atoms with Gasteiger partial charge in [0.25, 0.3) is 5.91 Å². The topological polar surface area (TPSA) is 67.2 Å². The summed E-state index contributed by atoms with van der Waals surface area (Å²) in [5, 5.41) is 12.2. The summed E-state index contributed by atoms with van der Waals surface area (Å²) in [7, 11) is 1.89. The van der Waals surface area contributed by atoms with Gasteiger partial charge in [0.1, 0.15) is 28.8 Å². The number of carbonyl (C=O) groups excluding carboxylic acids is 1. The van der Waals surface area contributed by atoms with E-state index in [2.05, 4.69) is 10.3 Å². The van der Waals surface area contributed by atoms with Crippen LogP contribution in [0.4, 0.5) is 14.5 Å². The second-order valence-electron chi connectivity index (χ2n) is 6.30. The van der Waals surface area contributed by atoms with Gasteiger partial charge in [-0.15, -0.1) is 0 Å². The second kappa shape index (κ2) is 6.77. The van der Waals surface area contributed by atoms with E-state index in [4.69, 9.17) is 0 Å². The summed E-state index contributed by atoms with van der Waals surface area (Å²) in [4.78, 5) is 17.0. The molecular formula is C21H15F2N3O2. The number of anilines is 1. The van der Waals surface area contributed by atoms with Gasteiger partial charge in [0.2, 0.25) is 0 Å². The van der Waals surface area contributed by atoms with Crippen LogP contribution in [0, 0.1) is 11.6 Å². The van der Waals surface area contributed by atoms with E-state index in [1.807, 2.05) is 41.9 Å². The number of amides is 1. The number of imidazole rings is 1. The standard InChI is InChI=1S/C21H15F2N3O2/c1-26-17-8-3-2-7-16(17)25-20(26)12-5-4-6-14(9-12)24-21(28)19-15(23)10-13(22)11-18(19)27/h2-11,27H,1H3,(H,24,28). The smallest absolute Gasteiger partial charge is 0.262 e. The zero-order valence-electron chi connectivity index (χ0n) is 14.8. The molecule has 2 N–H and O–H groups in total. The minimum absolute atomic E-state index is 0.387. The third-order valence-corrected chi connectivity index (χ3v) is 4.43. The van der Waals surface area contributed by atoms with Crippen molar-refractivity contribution < 1.29 is 18.7 Å². The fraction of sp³-hybridized carbons (Fsp3) is 0.0476. The van der Waals surface area contributed by atoms with E-state index >= 15 is 0 Å². The number of halogens is 2. The van der Waals surface area contributed by atoms with Crippen molar-refractivity contribution in [3.63, 3.8) is 0 Å². The molecule has 1 heterocycles. The molecule has 4 aromatic rings. The number of aryl methyl sites for hydroxylation is 1. The summed E-state index contributed by atoms with van der Waals surface area (Å²) in [6, 6.07) is 15.8. The first-order valence-electron chi connectivity index (χ1n) is 8.45. The van der Waals surface area contributed by atoms with Crippen LogP contribution in [0.25, 0.3) is 22.4 Å². The molecule has 0 atom stereocenters. The largest absolute Gasteiger partial charge is 0.507 e. The van der Waals surface area contributed by atoms with Crippen LogP contribution >= 0.6 is 0 Å². The predicted molar refractivity (Wildman–Crippen MR) is 102 cm³/mol. The van der Waals surface area contributed by atoms with E-state index in [1.54, 1.807) is 18.2 Å². The molecule has 140 valence electrons. The lowest BCUT2D eigenvalue weighted by Gasteiger charge is -2.10. The summed E-state index contributed by atoms with van der Waals surface area (Å²) in [5.41, 5.74) is 2.32. The highest BCUT2D eigenvalue weighted by atomic mass is 19.1. The number of hydrogen-bond donors (Lipinski definition) is 2. The van der Waals surface area contributed by atoms with Gasteiger partial charge >= 0.3 is 0 Å². The van der Waals surface area contributed by atoms with Gasteiger partial charge in [0.15, 0.2) is 0 Å². The number of rotatable bonds is 3. The van der Waals surface area contributed by atoms with Crippen molar-refractivity contribution in [3.05, 3.63) is 77.9 Å². The van der Waals surface area contributed by atoms with Gasteiger partial charge in [-0.3, -0.25) is 4.79 Å². The number of aromatic hydroxyl groups is 1. The number of benzene rings is 3. The minimum atomic E-state index is -1.14. The van der Waals surface area contributed by atoms with Crippen molar-refractivity contribution >= 4 is 22.6 Å². The lowest BCUT2D eigenvalue weighted by molar-refractivity contribution is 0.102. The molecule has 0 unspecified atom stereocenters. The van der Waals surface area contributed by atoms with Crippen LogP contribution in [-0.2, 0) is 7.05 Å². The second-order valence-corrected chi connectivity index (χ2v) is 6.30. The Morgan fingerprint density at radius 3 is 2.61 bits per heavy atom. The molecular weight excluding hydrogens is 364 g/mol. The summed E-state index contributed by atoms with van der Waals surface area (Å²) >= 11 is 0. The fourth-order valence-corrected chi connectivity index (χ4v) is 3.12. The lowest BCUT2D eigenvalue weighted by atomic mass is 10.1. The number of para-hydroxylation sites is 2. The van der Waals surface area contributed by atoms with Crippen molar-refractivity contribution in [1.29, 1.82) is 0 Å². The maximum atomic E-state index is 13.9. The van der Waals surface area contributed by atoms with Crippen molar-refractivity contribution in [2.75, 3.05) is 5.32 Å². The number of aromatic nitrogens is 2. The lowest BCUT2D eigenvalue weighted by Crippen LogP contribution is -2.14. The fourth-order valence-electron chi connectivity index (χ4n) is 3.12. The minimum Gasteiger partial charge on any atom is -0.507 e. The molecule has 28 heavy (non-hydrogen) atoms. The van der Waals surface area contributed by atoms with Crippen LogP contribution in [0.2, 0.25) is 0 Å². The van der Waals surface area contributed by atoms with E-state index in [1.165, 1.54) is 0 Å². The number of hydrogen-bond acceptors (Lipinski definition) is 3. The average Bonchev–Trinajstić information content (AvgIpc) is 2.98. The Balaban J connectivity index is 1.68. The molecule has 0 aliphatic heterocycles. The van der Waals surface area contributed by atoms with Crippen LogP contribution in [0.5, 0.6) is 5.75 Å². The summed E-state index contributed by atoms with van der Waals surface area (Å²) < 4.78 is 29.0. The summed E-state index contributed by atoms with van der Waals surface area (Å²) in [6.07, 6.45) is 0. The van der Waals surface area contributed by atoms with E-state index in [-0.39, 0.29) is 0 Å². The summed E-state index contributed by atoms with van der Waals surface area (Å²) in [5.74, 6) is -3.04. The predicted octanol–water partition coefficient (Wildman–Crippen LogP) is 4.48. The Bertz CT molecular complexity index is 1190. The number of carbonyl (C=O) groups is 1. The quantitative estimate of drug-likeness (QED) is 0.552. The van der Waals surface area contributed by atoms with Gasteiger partial charge in [-0.05, 0) is 24.3 Å². The van der Waals surface area contributed by atoms with E-state index < -0.39 is 28.9 Å². The molecule has 0 saturated carbocycles. The van der Waals surface area contributed by atoms with E-state index in [9.17, 15) is 18.7 Å². The highest BCUT2D eigenvalue weighted by molar-refractivity contribution is 6.06. The maximum Gasteiger partial charge on any atom is 0.262 e. The van der Waals surface area contributed by atoms with Crippen LogP contribution in [0.3, 0.4) is 0 Å². The Hall–Kier alpha value is -3.74. The maximum absolute atomic E-state index is 13.9. The van der Waals surface area contributed by atoms with Gasteiger partial charge in [0.05, 0.1) is 11.0 Å². The zero-order valence-corrected chi connectivity index (χ0v) is 14.8. The molecule has 0 fully saturated rings. The molecule has 0 saturated heterocycles. The van der Waals surface area contributed by atoms with Gasteiger partial charge in [0, 0.05) is 30.4 Å². The van der Waals surface area contributed by atoms with Gasteiger partial charge in [-0.25, -0.2) is 13.8 Å². The average molecular weight is 379 g/mol. The Morgan fingerprint density at radius 1 is 1.07 bits per heavy atom. The normalized spacial score (nSPS) is 11.0. The number of phenols is 1. The number of nitrogens with one attached hydrogen (secondary N) is 1. The molecule has 1 amide bonds. The van der Waals surface area contributed by atoms with Crippen molar-refractivity contribution in [2.24, 2.45) is 7.05 Å². The summed E-state index contributed by atoms with van der Waals surface area (Å²) in [6.45, 7) is 0. The molecule has 1 aromatic heterocycles.